The summed E-state index contributed by atoms with van der Waals surface area (Å²) in [5.41, 5.74) is 0. The molecule has 2 aliphatic heterocycles. The normalized spacial score (nSPS) is 41.0. The zero-order valence-electron chi connectivity index (χ0n) is 16.2. The summed E-state index contributed by atoms with van der Waals surface area (Å²) in [6.45, 7) is 6.08. The molecule has 0 bridgehead atoms. The molecule has 2 heterocycles. The Morgan fingerprint density at radius 1 is 0.808 bits per heavy atom. The third kappa shape index (κ3) is 2.90. The van der Waals surface area contributed by atoms with E-state index in [1.54, 1.807) is 0 Å². The summed E-state index contributed by atoms with van der Waals surface area (Å²) < 4.78 is 0. The predicted molar refractivity (Wildman–Crippen MR) is 109 cm³/mol. The SMILES string of the molecule is CC1CCCCC12SCC(=O)N2CCN1C(=O)CSC12CCCCC2C. The number of nitrogens with zero attached hydrogens (tertiary/aromatic N) is 2. The Morgan fingerprint density at radius 3 is 1.62 bits per heavy atom. The van der Waals surface area contributed by atoms with Gasteiger partial charge in [-0.1, -0.05) is 39.5 Å². The Labute approximate surface area is 166 Å². The Bertz CT molecular complexity index is 536. The standard InChI is InChI=1S/C20H32N2O2S2/c1-15-7-3-5-9-19(15)21(17(23)13-25-19)11-12-22-18(24)14-26-20(22)10-6-4-8-16(20)2/h15-16H,3-14H2,1-2H3. The molecule has 4 nitrogen and oxygen atoms in total. The zero-order valence-corrected chi connectivity index (χ0v) is 17.8. The molecule has 0 aromatic carbocycles. The Hall–Kier alpha value is -0.360. The first kappa shape index (κ1) is 19.0. The molecule has 2 amide bonds. The number of carbonyl (C=O) groups is 2. The van der Waals surface area contributed by atoms with E-state index in [1.807, 2.05) is 23.5 Å². The van der Waals surface area contributed by atoms with Crippen LogP contribution in [0.5, 0.6) is 0 Å². The molecule has 146 valence electrons. The smallest absolute Gasteiger partial charge is 0.233 e. The van der Waals surface area contributed by atoms with Gasteiger partial charge < -0.3 is 9.80 Å². The third-order valence-electron chi connectivity index (χ3n) is 7.34. The van der Waals surface area contributed by atoms with Crippen molar-refractivity contribution in [3.05, 3.63) is 0 Å². The van der Waals surface area contributed by atoms with Gasteiger partial charge in [0.05, 0.1) is 21.2 Å². The topological polar surface area (TPSA) is 40.6 Å². The minimum Gasteiger partial charge on any atom is -0.325 e. The Morgan fingerprint density at radius 2 is 1.23 bits per heavy atom. The molecule has 0 aromatic heterocycles. The van der Waals surface area contributed by atoms with Crippen molar-refractivity contribution in [2.45, 2.75) is 75.0 Å². The number of carbonyl (C=O) groups excluding carboxylic acids is 2. The maximum atomic E-state index is 12.7. The van der Waals surface area contributed by atoms with E-state index in [9.17, 15) is 9.59 Å². The van der Waals surface area contributed by atoms with Gasteiger partial charge in [0.25, 0.3) is 0 Å². The molecule has 4 rings (SSSR count). The Kier molecular flexibility index (Phi) is 5.28. The molecule has 0 N–H and O–H groups in total. The molecule has 26 heavy (non-hydrogen) atoms. The van der Waals surface area contributed by atoms with E-state index in [1.165, 1.54) is 38.5 Å². The lowest BCUT2D eigenvalue weighted by Crippen LogP contribution is -2.56. The zero-order chi connectivity index (χ0) is 18.4. The van der Waals surface area contributed by atoms with Crippen LogP contribution in [-0.2, 0) is 9.59 Å². The van der Waals surface area contributed by atoms with Crippen molar-refractivity contribution in [3.8, 4) is 0 Å². The van der Waals surface area contributed by atoms with Gasteiger partial charge in [-0.3, -0.25) is 9.59 Å². The monoisotopic (exact) mass is 396 g/mol. The van der Waals surface area contributed by atoms with E-state index in [0.717, 1.165) is 25.9 Å². The summed E-state index contributed by atoms with van der Waals surface area (Å²) in [7, 11) is 0. The van der Waals surface area contributed by atoms with Gasteiger partial charge in [-0.25, -0.2) is 0 Å². The molecule has 4 aliphatic rings. The van der Waals surface area contributed by atoms with Gasteiger partial charge in [0, 0.05) is 13.1 Å². The molecule has 2 aliphatic carbocycles. The highest BCUT2D eigenvalue weighted by Gasteiger charge is 2.53. The molecule has 6 heteroatoms. The fourth-order valence-electron chi connectivity index (χ4n) is 5.77. The summed E-state index contributed by atoms with van der Waals surface area (Å²) in [6, 6.07) is 0. The van der Waals surface area contributed by atoms with Gasteiger partial charge in [-0.15, -0.1) is 23.5 Å². The second-order valence-electron chi connectivity index (χ2n) is 8.65. The summed E-state index contributed by atoms with van der Waals surface area (Å²) in [6.07, 6.45) is 9.69. The predicted octanol–water partition coefficient (Wildman–Crippen LogP) is 3.95. The van der Waals surface area contributed by atoms with E-state index in [0.29, 0.717) is 23.3 Å². The second-order valence-corrected chi connectivity index (χ2v) is 11.2. The van der Waals surface area contributed by atoms with Crippen molar-refractivity contribution in [2.75, 3.05) is 24.6 Å². The lowest BCUT2D eigenvalue weighted by Gasteiger charge is -2.48. The largest absolute Gasteiger partial charge is 0.325 e. The Balaban J connectivity index is 1.51. The van der Waals surface area contributed by atoms with E-state index in [4.69, 9.17) is 0 Å². The average Bonchev–Trinajstić information content (AvgIpc) is 3.11. The minimum atomic E-state index is -0.00338. The molecular weight excluding hydrogens is 364 g/mol. The van der Waals surface area contributed by atoms with Crippen LogP contribution >= 0.6 is 23.5 Å². The van der Waals surface area contributed by atoms with Crippen LogP contribution in [-0.4, -0.2) is 56.0 Å². The molecule has 4 fully saturated rings. The number of amides is 2. The first-order chi connectivity index (χ1) is 12.5. The highest BCUT2D eigenvalue weighted by atomic mass is 32.2. The van der Waals surface area contributed by atoms with Gasteiger partial charge in [-0.05, 0) is 37.5 Å². The quantitative estimate of drug-likeness (QED) is 0.724. The van der Waals surface area contributed by atoms with Crippen LogP contribution in [0.1, 0.15) is 65.2 Å². The summed E-state index contributed by atoms with van der Waals surface area (Å²) in [5.74, 6) is 2.92. The molecule has 2 saturated carbocycles. The first-order valence-corrected chi connectivity index (χ1v) is 12.4. The van der Waals surface area contributed by atoms with Crippen molar-refractivity contribution in [1.82, 2.24) is 9.80 Å². The van der Waals surface area contributed by atoms with Crippen molar-refractivity contribution in [1.29, 1.82) is 0 Å². The van der Waals surface area contributed by atoms with Crippen LogP contribution in [0, 0.1) is 11.8 Å². The molecule has 2 saturated heterocycles. The van der Waals surface area contributed by atoms with Gasteiger partial charge in [0.2, 0.25) is 11.8 Å². The van der Waals surface area contributed by atoms with Gasteiger partial charge in [0.15, 0.2) is 0 Å². The summed E-state index contributed by atoms with van der Waals surface area (Å²) >= 11 is 3.74. The van der Waals surface area contributed by atoms with E-state index in [-0.39, 0.29) is 21.6 Å². The van der Waals surface area contributed by atoms with Gasteiger partial charge >= 0.3 is 0 Å². The van der Waals surface area contributed by atoms with E-state index < -0.39 is 0 Å². The van der Waals surface area contributed by atoms with E-state index >= 15 is 0 Å². The van der Waals surface area contributed by atoms with Crippen LogP contribution in [0.25, 0.3) is 0 Å². The van der Waals surface area contributed by atoms with Crippen molar-refractivity contribution < 1.29 is 9.59 Å². The number of hydrogen-bond acceptors (Lipinski definition) is 4. The summed E-state index contributed by atoms with van der Waals surface area (Å²) in [5, 5.41) is 0. The van der Waals surface area contributed by atoms with Gasteiger partial charge in [-0.2, -0.15) is 0 Å². The van der Waals surface area contributed by atoms with Crippen molar-refractivity contribution in [3.63, 3.8) is 0 Å². The lowest BCUT2D eigenvalue weighted by atomic mass is 9.83. The third-order valence-corrected chi connectivity index (χ3v) is 10.8. The maximum Gasteiger partial charge on any atom is 0.233 e. The number of hydrogen-bond donors (Lipinski definition) is 0. The fraction of sp³-hybridized carbons (Fsp3) is 0.900. The molecular formula is C20H32N2O2S2. The molecule has 0 radical (unpaired) electrons. The van der Waals surface area contributed by atoms with Crippen LogP contribution in [0.3, 0.4) is 0 Å². The molecule has 4 atom stereocenters. The summed E-state index contributed by atoms with van der Waals surface area (Å²) in [4.78, 5) is 29.7. The maximum absolute atomic E-state index is 12.7. The number of thioether (sulfide) groups is 2. The highest BCUT2D eigenvalue weighted by Crippen LogP contribution is 2.52. The van der Waals surface area contributed by atoms with E-state index in [2.05, 4.69) is 23.6 Å². The highest BCUT2D eigenvalue weighted by molar-refractivity contribution is 8.02. The minimum absolute atomic E-state index is 0.00338. The van der Waals surface area contributed by atoms with Gasteiger partial charge in [0.1, 0.15) is 0 Å². The molecule has 2 spiro atoms. The van der Waals surface area contributed by atoms with Crippen molar-refractivity contribution >= 4 is 35.3 Å². The molecule has 4 unspecified atom stereocenters. The number of rotatable bonds is 3. The van der Waals surface area contributed by atoms with Crippen LogP contribution < -0.4 is 0 Å². The second kappa shape index (κ2) is 7.23. The van der Waals surface area contributed by atoms with Crippen LogP contribution in [0.15, 0.2) is 0 Å². The fourth-order valence-corrected chi connectivity index (χ4v) is 8.91. The van der Waals surface area contributed by atoms with Crippen LogP contribution in [0.2, 0.25) is 0 Å². The lowest BCUT2D eigenvalue weighted by molar-refractivity contribution is -0.137. The molecule has 0 aromatic rings. The van der Waals surface area contributed by atoms with Crippen molar-refractivity contribution in [2.24, 2.45) is 11.8 Å². The average molecular weight is 397 g/mol. The van der Waals surface area contributed by atoms with Crippen LogP contribution in [0.4, 0.5) is 0 Å². The first-order valence-electron chi connectivity index (χ1n) is 10.4.